The van der Waals surface area contributed by atoms with Crippen LogP contribution in [-0.4, -0.2) is 12.3 Å². The van der Waals surface area contributed by atoms with E-state index in [0.29, 0.717) is 10.0 Å². The molecule has 0 spiro atoms. The van der Waals surface area contributed by atoms with E-state index in [4.69, 9.17) is 23.2 Å². The first kappa shape index (κ1) is 12.5. The molecule has 19 heavy (non-hydrogen) atoms. The van der Waals surface area contributed by atoms with E-state index in [-0.39, 0.29) is 0 Å². The molecule has 0 atom stereocenters. The first-order valence-electron chi connectivity index (χ1n) is 6.09. The topological polar surface area (TPSA) is 15.6 Å². The molecule has 1 aliphatic rings. The van der Waals surface area contributed by atoms with Gasteiger partial charge in [-0.15, -0.1) is 0 Å². The van der Waals surface area contributed by atoms with Crippen LogP contribution in [0.4, 0.5) is 5.69 Å². The van der Waals surface area contributed by atoms with Crippen LogP contribution in [0.1, 0.15) is 12.0 Å². The molecule has 1 heterocycles. The minimum Gasteiger partial charge on any atom is -0.265 e. The highest BCUT2D eigenvalue weighted by atomic mass is 35.5. The van der Waals surface area contributed by atoms with Crippen molar-refractivity contribution in [2.45, 2.75) is 6.42 Å². The molecule has 0 unspecified atom stereocenters. The summed E-state index contributed by atoms with van der Waals surface area (Å²) >= 11 is 12.0. The molecule has 2 aromatic carbocycles. The minimum atomic E-state index is 0.558. The van der Waals surface area contributed by atoms with E-state index in [0.717, 1.165) is 24.4 Å². The van der Waals surface area contributed by atoms with Crippen molar-refractivity contribution in [1.82, 2.24) is 0 Å². The third-order valence-corrected chi connectivity index (χ3v) is 3.85. The molecule has 0 saturated carbocycles. The van der Waals surface area contributed by atoms with Gasteiger partial charge in [-0.25, -0.2) is 0 Å². The number of hydrogen-bond acceptors (Lipinski definition) is 2. The maximum Gasteiger partial charge on any atom is 0.0700 e. The molecular weight excluding hydrogens is 279 g/mol. The van der Waals surface area contributed by atoms with Crippen molar-refractivity contribution in [1.29, 1.82) is 0 Å². The molecule has 2 aromatic rings. The van der Waals surface area contributed by atoms with Gasteiger partial charge < -0.3 is 0 Å². The molecule has 0 bridgehead atoms. The first-order chi connectivity index (χ1) is 9.24. The Hall–Kier alpha value is -1.51. The molecule has 0 fully saturated rings. The van der Waals surface area contributed by atoms with Crippen molar-refractivity contribution in [2.75, 3.05) is 11.6 Å². The highest BCUT2D eigenvalue weighted by molar-refractivity contribution is 6.42. The number of rotatable bonds is 2. The van der Waals surface area contributed by atoms with Crippen LogP contribution in [0.25, 0.3) is 0 Å². The highest BCUT2D eigenvalue weighted by Crippen LogP contribution is 2.29. The second-order valence-electron chi connectivity index (χ2n) is 4.38. The predicted octanol–water partition coefficient (Wildman–Crippen LogP) is 4.61. The quantitative estimate of drug-likeness (QED) is 0.789. The Kier molecular flexibility index (Phi) is 3.45. The zero-order valence-electron chi connectivity index (χ0n) is 10.2. The lowest BCUT2D eigenvalue weighted by atomic mass is 10.1. The Bertz CT molecular complexity index is 623. The zero-order chi connectivity index (χ0) is 13.2. The van der Waals surface area contributed by atoms with Gasteiger partial charge in [0.25, 0.3) is 0 Å². The Labute approximate surface area is 122 Å². The normalized spacial score (nSPS) is 14.6. The van der Waals surface area contributed by atoms with Crippen LogP contribution in [0, 0.1) is 0 Å². The summed E-state index contributed by atoms with van der Waals surface area (Å²) in [5.41, 5.74) is 3.25. The van der Waals surface area contributed by atoms with Gasteiger partial charge in [0.2, 0.25) is 0 Å². The molecule has 3 rings (SSSR count). The first-order valence-corrected chi connectivity index (χ1v) is 6.85. The van der Waals surface area contributed by atoms with Crippen molar-refractivity contribution in [3.05, 3.63) is 64.1 Å². The molecule has 1 aliphatic heterocycles. The number of anilines is 1. The average molecular weight is 291 g/mol. The van der Waals surface area contributed by atoms with Gasteiger partial charge in [-0.3, -0.25) is 5.01 Å². The molecule has 4 heteroatoms. The second-order valence-corrected chi connectivity index (χ2v) is 5.20. The molecule has 0 aromatic heterocycles. The summed E-state index contributed by atoms with van der Waals surface area (Å²) in [4.78, 5) is 0. The van der Waals surface area contributed by atoms with Crippen molar-refractivity contribution in [2.24, 2.45) is 5.10 Å². The van der Waals surface area contributed by atoms with E-state index in [1.807, 2.05) is 35.3 Å². The molecule has 96 valence electrons. The third-order valence-electron chi connectivity index (χ3n) is 3.11. The maximum atomic E-state index is 6.04. The van der Waals surface area contributed by atoms with Crippen molar-refractivity contribution >= 4 is 34.6 Å². The summed E-state index contributed by atoms with van der Waals surface area (Å²) in [6.45, 7) is 0.863. The van der Waals surface area contributed by atoms with Crippen LogP contribution in [-0.2, 0) is 0 Å². The van der Waals surface area contributed by atoms with Gasteiger partial charge >= 0.3 is 0 Å². The van der Waals surface area contributed by atoms with Crippen LogP contribution in [0.3, 0.4) is 0 Å². The van der Waals surface area contributed by atoms with Gasteiger partial charge in [0, 0.05) is 13.0 Å². The summed E-state index contributed by atoms with van der Waals surface area (Å²) in [7, 11) is 0. The van der Waals surface area contributed by atoms with Gasteiger partial charge in [-0.1, -0.05) is 53.5 Å². The number of nitrogens with zero attached hydrogens (tertiary/aromatic N) is 2. The van der Waals surface area contributed by atoms with Crippen LogP contribution in [0.15, 0.2) is 53.6 Å². The summed E-state index contributed by atoms with van der Waals surface area (Å²) in [5.74, 6) is 0. The SMILES string of the molecule is Clc1ccc(N2CCC(c3ccccc3)=N2)cc1Cl. The van der Waals surface area contributed by atoms with E-state index in [2.05, 4.69) is 17.2 Å². The van der Waals surface area contributed by atoms with Gasteiger partial charge in [-0.2, -0.15) is 5.10 Å². The average Bonchev–Trinajstić information content (AvgIpc) is 2.93. The number of hydrogen-bond donors (Lipinski definition) is 0. The lowest BCUT2D eigenvalue weighted by Gasteiger charge is -2.13. The van der Waals surface area contributed by atoms with Gasteiger partial charge in [0.15, 0.2) is 0 Å². The Balaban J connectivity index is 1.88. The van der Waals surface area contributed by atoms with E-state index >= 15 is 0 Å². The van der Waals surface area contributed by atoms with Crippen LogP contribution < -0.4 is 5.01 Å². The fourth-order valence-corrected chi connectivity index (χ4v) is 2.41. The van der Waals surface area contributed by atoms with Crippen molar-refractivity contribution in [3.8, 4) is 0 Å². The zero-order valence-corrected chi connectivity index (χ0v) is 11.7. The summed E-state index contributed by atoms with van der Waals surface area (Å²) in [6, 6.07) is 15.8. The number of benzene rings is 2. The molecule has 0 amide bonds. The predicted molar refractivity (Wildman–Crippen MR) is 81.4 cm³/mol. The van der Waals surface area contributed by atoms with Crippen LogP contribution >= 0.6 is 23.2 Å². The van der Waals surface area contributed by atoms with E-state index < -0.39 is 0 Å². The molecular formula is C15H12Cl2N2. The summed E-state index contributed by atoms with van der Waals surface area (Å²) < 4.78 is 0. The molecule has 2 nitrogen and oxygen atoms in total. The monoisotopic (exact) mass is 290 g/mol. The maximum absolute atomic E-state index is 6.04. The molecule has 0 N–H and O–H groups in total. The third kappa shape index (κ3) is 2.60. The van der Waals surface area contributed by atoms with E-state index in [9.17, 15) is 0 Å². The van der Waals surface area contributed by atoms with E-state index in [1.54, 1.807) is 6.07 Å². The Morgan fingerprint density at radius 2 is 1.74 bits per heavy atom. The van der Waals surface area contributed by atoms with Gasteiger partial charge in [-0.05, 0) is 23.8 Å². The molecule has 0 aliphatic carbocycles. The van der Waals surface area contributed by atoms with Crippen LogP contribution in [0.2, 0.25) is 10.0 Å². The smallest absolute Gasteiger partial charge is 0.0700 e. The fourth-order valence-electron chi connectivity index (χ4n) is 2.12. The van der Waals surface area contributed by atoms with Gasteiger partial charge in [0.05, 0.1) is 21.4 Å². The lowest BCUT2D eigenvalue weighted by Crippen LogP contribution is -2.11. The van der Waals surface area contributed by atoms with Crippen molar-refractivity contribution < 1.29 is 0 Å². The van der Waals surface area contributed by atoms with Crippen LogP contribution in [0.5, 0.6) is 0 Å². The van der Waals surface area contributed by atoms with E-state index in [1.165, 1.54) is 5.56 Å². The summed E-state index contributed by atoms with van der Waals surface area (Å²) in [5, 5.41) is 7.73. The molecule has 0 radical (unpaired) electrons. The minimum absolute atomic E-state index is 0.558. The lowest BCUT2D eigenvalue weighted by molar-refractivity contribution is 0.922. The second kappa shape index (κ2) is 5.24. The van der Waals surface area contributed by atoms with Crippen molar-refractivity contribution in [3.63, 3.8) is 0 Å². The standard InChI is InChI=1S/C15H12Cl2N2/c16-13-7-6-12(10-14(13)17)19-9-8-15(18-19)11-4-2-1-3-5-11/h1-7,10H,8-9H2. The Morgan fingerprint density at radius 1 is 0.947 bits per heavy atom. The molecule has 0 saturated heterocycles. The Morgan fingerprint density at radius 3 is 2.47 bits per heavy atom. The number of halogens is 2. The number of hydrazone groups is 1. The highest BCUT2D eigenvalue weighted by Gasteiger charge is 2.17. The largest absolute Gasteiger partial charge is 0.265 e. The summed E-state index contributed by atoms with van der Waals surface area (Å²) in [6.07, 6.45) is 0.935. The fraction of sp³-hybridized carbons (Fsp3) is 0.133. The van der Waals surface area contributed by atoms with Gasteiger partial charge in [0.1, 0.15) is 0 Å².